The highest BCUT2D eigenvalue weighted by molar-refractivity contribution is 5.75. The Bertz CT molecular complexity index is 495. The van der Waals surface area contributed by atoms with Crippen LogP contribution in [0.15, 0.2) is 42.5 Å². The number of anilines is 3. The van der Waals surface area contributed by atoms with Crippen LogP contribution in [-0.2, 0) is 0 Å². The van der Waals surface area contributed by atoms with Gasteiger partial charge in [-0.2, -0.15) is 0 Å². The van der Waals surface area contributed by atoms with Crippen LogP contribution in [0, 0.1) is 12.7 Å². The zero-order valence-corrected chi connectivity index (χ0v) is 9.00. The summed E-state index contributed by atoms with van der Waals surface area (Å²) in [5, 5.41) is 3.12. The van der Waals surface area contributed by atoms with Gasteiger partial charge in [0.15, 0.2) is 0 Å². The molecule has 0 bridgehead atoms. The summed E-state index contributed by atoms with van der Waals surface area (Å²) in [6.45, 7) is 1.71. The van der Waals surface area contributed by atoms with E-state index in [9.17, 15) is 4.39 Å². The number of nitrogens with two attached hydrogens (primary N) is 1. The van der Waals surface area contributed by atoms with Crippen LogP contribution in [-0.4, -0.2) is 0 Å². The summed E-state index contributed by atoms with van der Waals surface area (Å²) >= 11 is 0. The van der Waals surface area contributed by atoms with Gasteiger partial charge in [0.2, 0.25) is 0 Å². The largest absolute Gasteiger partial charge is 0.397 e. The number of halogens is 1. The number of rotatable bonds is 2. The van der Waals surface area contributed by atoms with E-state index >= 15 is 0 Å². The van der Waals surface area contributed by atoms with E-state index in [0.717, 1.165) is 5.69 Å². The average molecular weight is 216 g/mol. The molecule has 2 nitrogen and oxygen atoms in total. The first-order valence-corrected chi connectivity index (χ1v) is 5.05. The number of hydrogen-bond donors (Lipinski definition) is 2. The molecule has 0 amide bonds. The first-order valence-electron chi connectivity index (χ1n) is 5.05. The van der Waals surface area contributed by atoms with Gasteiger partial charge >= 0.3 is 0 Å². The minimum Gasteiger partial charge on any atom is -0.397 e. The highest BCUT2D eigenvalue weighted by Crippen LogP contribution is 2.28. The Kier molecular flexibility index (Phi) is 2.77. The van der Waals surface area contributed by atoms with E-state index in [-0.39, 0.29) is 5.82 Å². The van der Waals surface area contributed by atoms with E-state index in [2.05, 4.69) is 5.32 Å². The van der Waals surface area contributed by atoms with Crippen LogP contribution in [0.2, 0.25) is 0 Å². The minimum absolute atomic E-state index is 0.257. The molecule has 0 fully saturated rings. The van der Waals surface area contributed by atoms with Crippen molar-refractivity contribution in [1.82, 2.24) is 0 Å². The maximum atomic E-state index is 13.4. The SMILES string of the molecule is Cc1c(F)ccc(N)c1Nc1ccccc1. The van der Waals surface area contributed by atoms with Crippen molar-refractivity contribution in [3.8, 4) is 0 Å². The lowest BCUT2D eigenvalue weighted by Crippen LogP contribution is -2.00. The molecule has 82 valence electrons. The molecule has 0 atom stereocenters. The van der Waals surface area contributed by atoms with E-state index in [4.69, 9.17) is 5.73 Å². The molecule has 0 aliphatic rings. The molecule has 0 radical (unpaired) electrons. The quantitative estimate of drug-likeness (QED) is 0.754. The Balaban J connectivity index is 2.38. The van der Waals surface area contributed by atoms with Gasteiger partial charge in [-0.1, -0.05) is 18.2 Å². The maximum absolute atomic E-state index is 13.4. The molecule has 2 aromatic carbocycles. The van der Waals surface area contributed by atoms with Crippen molar-refractivity contribution in [3.63, 3.8) is 0 Å². The summed E-state index contributed by atoms with van der Waals surface area (Å²) in [5.74, 6) is -0.257. The molecule has 0 spiro atoms. The molecule has 2 aromatic rings. The molecule has 0 aliphatic heterocycles. The molecule has 16 heavy (non-hydrogen) atoms. The third-order valence-corrected chi connectivity index (χ3v) is 2.47. The Labute approximate surface area is 93.9 Å². The molecule has 0 aliphatic carbocycles. The van der Waals surface area contributed by atoms with Crippen LogP contribution in [0.3, 0.4) is 0 Å². The van der Waals surface area contributed by atoms with Gasteiger partial charge in [-0.25, -0.2) is 4.39 Å². The summed E-state index contributed by atoms with van der Waals surface area (Å²) in [7, 11) is 0. The average Bonchev–Trinajstić information content (AvgIpc) is 2.31. The standard InChI is InChI=1S/C13H13FN2/c1-9-11(14)7-8-12(15)13(9)16-10-5-3-2-4-6-10/h2-8,16H,15H2,1H3. The van der Waals surface area contributed by atoms with E-state index in [1.165, 1.54) is 6.07 Å². The van der Waals surface area contributed by atoms with Crippen molar-refractivity contribution >= 4 is 17.1 Å². The molecule has 0 heterocycles. The molecule has 3 N–H and O–H groups in total. The third-order valence-electron chi connectivity index (χ3n) is 2.47. The van der Waals surface area contributed by atoms with Gasteiger partial charge in [0, 0.05) is 11.3 Å². The molecule has 0 saturated heterocycles. The van der Waals surface area contributed by atoms with E-state index < -0.39 is 0 Å². The Morgan fingerprint density at radius 3 is 2.44 bits per heavy atom. The highest BCUT2D eigenvalue weighted by Gasteiger charge is 2.07. The van der Waals surface area contributed by atoms with Crippen molar-refractivity contribution < 1.29 is 4.39 Å². The van der Waals surface area contributed by atoms with Gasteiger partial charge in [-0.3, -0.25) is 0 Å². The van der Waals surface area contributed by atoms with Crippen LogP contribution in [0.5, 0.6) is 0 Å². The number of para-hydroxylation sites is 1. The zero-order chi connectivity index (χ0) is 11.5. The number of nitrogens with one attached hydrogen (secondary N) is 1. The predicted molar refractivity (Wildman–Crippen MR) is 65.3 cm³/mol. The van der Waals surface area contributed by atoms with E-state index in [1.807, 2.05) is 30.3 Å². The number of nitrogen functional groups attached to an aromatic ring is 1. The third kappa shape index (κ3) is 1.98. The highest BCUT2D eigenvalue weighted by atomic mass is 19.1. The fraction of sp³-hybridized carbons (Fsp3) is 0.0769. The summed E-state index contributed by atoms with van der Waals surface area (Å²) in [6, 6.07) is 12.5. The molecule has 3 heteroatoms. The lowest BCUT2D eigenvalue weighted by Gasteiger charge is -2.12. The Hall–Kier alpha value is -2.03. The number of benzene rings is 2. The molecular formula is C13H13FN2. The summed E-state index contributed by atoms with van der Waals surface area (Å²) in [5.41, 5.74) is 8.41. The Morgan fingerprint density at radius 1 is 1.06 bits per heavy atom. The van der Waals surface area contributed by atoms with Crippen LogP contribution < -0.4 is 11.1 Å². The smallest absolute Gasteiger partial charge is 0.128 e. The lowest BCUT2D eigenvalue weighted by atomic mass is 10.1. The molecule has 0 aromatic heterocycles. The van der Waals surface area contributed by atoms with Crippen molar-refractivity contribution in [2.24, 2.45) is 0 Å². The lowest BCUT2D eigenvalue weighted by molar-refractivity contribution is 0.619. The minimum atomic E-state index is -0.257. The van der Waals surface area contributed by atoms with Crippen molar-refractivity contribution in [2.45, 2.75) is 6.92 Å². The van der Waals surface area contributed by atoms with Gasteiger partial charge in [0.1, 0.15) is 5.82 Å². The normalized spacial score (nSPS) is 10.1. The second kappa shape index (κ2) is 4.23. The summed E-state index contributed by atoms with van der Waals surface area (Å²) in [4.78, 5) is 0. The van der Waals surface area contributed by atoms with Crippen molar-refractivity contribution in [3.05, 3.63) is 53.8 Å². The second-order valence-electron chi connectivity index (χ2n) is 3.63. The Morgan fingerprint density at radius 2 is 1.75 bits per heavy atom. The zero-order valence-electron chi connectivity index (χ0n) is 9.00. The summed E-state index contributed by atoms with van der Waals surface area (Å²) in [6.07, 6.45) is 0. The topological polar surface area (TPSA) is 38.0 Å². The maximum Gasteiger partial charge on any atom is 0.128 e. The van der Waals surface area contributed by atoms with Gasteiger partial charge in [0.05, 0.1) is 11.4 Å². The molecule has 0 saturated carbocycles. The van der Waals surface area contributed by atoms with E-state index in [0.29, 0.717) is 16.9 Å². The molecule has 0 unspecified atom stereocenters. The van der Waals surface area contributed by atoms with Crippen LogP contribution in [0.4, 0.5) is 21.5 Å². The van der Waals surface area contributed by atoms with Crippen LogP contribution in [0.1, 0.15) is 5.56 Å². The summed E-state index contributed by atoms with van der Waals surface area (Å²) < 4.78 is 13.4. The molecular weight excluding hydrogens is 203 g/mol. The monoisotopic (exact) mass is 216 g/mol. The van der Waals surface area contributed by atoms with Gasteiger partial charge in [-0.15, -0.1) is 0 Å². The second-order valence-corrected chi connectivity index (χ2v) is 3.63. The van der Waals surface area contributed by atoms with Crippen LogP contribution in [0.25, 0.3) is 0 Å². The van der Waals surface area contributed by atoms with E-state index in [1.54, 1.807) is 13.0 Å². The van der Waals surface area contributed by atoms with Gasteiger partial charge in [0.25, 0.3) is 0 Å². The number of hydrogen-bond acceptors (Lipinski definition) is 2. The first kappa shape index (κ1) is 10.5. The van der Waals surface area contributed by atoms with Gasteiger partial charge < -0.3 is 11.1 Å². The fourth-order valence-corrected chi connectivity index (χ4v) is 1.54. The van der Waals surface area contributed by atoms with Crippen molar-refractivity contribution in [1.29, 1.82) is 0 Å². The van der Waals surface area contributed by atoms with Crippen molar-refractivity contribution in [2.75, 3.05) is 11.1 Å². The predicted octanol–water partition coefficient (Wildman–Crippen LogP) is 3.46. The first-order chi connectivity index (χ1) is 7.68. The fourth-order valence-electron chi connectivity index (χ4n) is 1.54. The molecule has 2 rings (SSSR count). The van der Waals surface area contributed by atoms with Gasteiger partial charge in [-0.05, 0) is 31.2 Å². The van der Waals surface area contributed by atoms with Crippen LogP contribution >= 0.6 is 0 Å².